The van der Waals surface area contributed by atoms with E-state index in [-0.39, 0.29) is 11.9 Å². The lowest BCUT2D eigenvalue weighted by Gasteiger charge is -2.37. The SMILES string of the molecule is CC1NNCC1CN1CCNC(=O)C1c1cccc(Br)c1. The lowest BCUT2D eigenvalue weighted by Crippen LogP contribution is -2.52. The number of hydrogen-bond donors (Lipinski definition) is 3. The highest BCUT2D eigenvalue weighted by Crippen LogP contribution is 2.27. The summed E-state index contributed by atoms with van der Waals surface area (Å²) in [5.41, 5.74) is 7.50. The summed E-state index contributed by atoms with van der Waals surface area (Å²) >= 11 is 3.50. The van der Waals surface area contributed by atoms with E-state index in [1.165, 1.54) is 0 Å². The summed E-state index contributed by atoms with van der Waals surface area (Å²) in [4.78, 5) is 14.7. The zero-order chi connectivity index (χ0) is 14.8. The van der Waals surface area contributed by atoms with Crippen molar-refractivity contribution in [3.8, 4) is 0 Å². The van der Waals surface area contributed by atoms with Gasteiger partial charge in [0.1, 0.15) is 6.04 Å². The predicted octanol–water partition coefficient (Wildman–Crippen LogP) is 1.03. The van der Waals surface area contributed by atoms with Gasteiger partial charge in [-0.3, -0.25) is 20.5 Å². The van der Waals surface area contributed by atoms with Gasteiger partial charge in [-0.05, 0) is 24.6 Å². The average Bonchev–Trinajstić information content (AvgIpc) is 2.84. The van der Waals surface area contributed by atoms with E-state index in [0.29, 0.717) is 12.0 Å². The quantitative estimate of drug-likeness (QED) is 0.760. The van der Waals surface area contributed by atoms with E-state index in [1.54, 1.807) is 0 Å². The molecular weight excluding hydrogens is 332 g/mol. The Bertz CT molecular complexity index is 524. The van der Waals surface area contributed by atoms with Crippen LogP contribution < -0.4 is 16.2 Å². The number of piperazine rings is 1. The maximum Gasteiger partial charge on any atom is 0.242 e. The van der Waals surface area contributed by atoms with Crippen LogP contribution in [-0.4, -0.2) is 43.0 Å². The standard InChI is InChI=1S/C15H21BrN4O/c1-10-12(8-18-19-10)9-20-6-5-17-15(21)14(20)11-3-2-4-13(16)7-11/h2-4,7,10,12,14,18-19H,5-6,8-9H2,1H3,(H,17,21). The Morgan fingerprint density at radius 3 is 3.00 bits per heavy atom. The number of hydrazine groups is 1. The van der Waals surface area contributed by atoms with E-state index >= 15 is 0 Å². The lowest BCUT2D eigenvalue weighted by molar-refractivity contribution is -0.129. The minimum absolute atomic E-state index is 0.103. The topological polar surface area (TPSA) is 56.4 Å². The van der Waals surface area contributed by atoms with Gasteiger partial charge >= 0.3 is 0 Å². The molecule has 3 N–H and O–H groups in total. The normalized spacial score (nSPS) is 30.4. The molecule has 114 valence electrons. The molecule has 2 saturated heterocycles. The van der Waals surface area contributed by atoms with Crippen molar-refractivity contribution < 1.29 is 4.79 Å². The van der Waals surface area contributed by atoms with Gasteiger partial charge in [0.15, 0.2) is 0 Å². The molecule has 0 aliphatic carbocycles. The number of nitrogens with one attached hydrogen (secondary N) is 3. The molecule has 1 aromatic rings. The third-order valence-corrected chi connectivity index (χ3v) is 4.84. The molecule has 1 aromatic carbocycles. The Labute approximate surface area is 133 Å². The molecule has 3 unspecified atom stereocenters. The fraction of sp³-hybridized carbons (Fsp3) is 0.533. The molecular formula is C15H21BrN4O. The highest BCUT2D eigenvalue weighted by atomic mass is 79.9. The number of benzene rings is 1. The Morgan fingerprint density at radius 1 is 1.43 bits per heavy atom. The highest BCUT2D eigenvalue weighted by molar-refractivity contribution is 9.10. The maximum atomic E-state index is 12.4. The number of nitrogens with zero attached hydrogens (tertiary/aromatic N) is 1. The van der Waals surface area contributed by atoms with Crippen molar-refractivity contribution in [3.05, 3.63) is 34.3 Å². The first kappa shape index (κ1) is 15.0. The van der Waals surface area contributed by atoms with Gasteiger partial charge in [-0.15, -0.1) is 0 Å². The predicted molar refractivity (Wildman–Crippen MR) is 85.6 cm³/mol. The number of carbonyl (C=O) groups is 1. The molecule has 1 amide bonds. The van der Waals surface area contributed by atoms with Gasteiger partial charge in [0.25, 0.3) is 0 Å². The summed E-state index contributed by atoms with van der Waals surface area (Å²) in [5.74, 6) is 0.622. The average molecular weight is 353 g/mol. The van der Waals surface area contributed by atoms with Crippen LogP contribution in [0.1, 0.15) is 18.5 Å². The summed E-state index contributed by atoms with van der Waals surface area (Å²) in [6, 6.07) is 8.28. The second-order valence-electron chi connectivity index (χ2n) is 5.82. The van der Waals surface area contributed by atoms with Crippen molar-refractivity contribution in [2.75, 3.05) is 26.2 Å². The van der Waals surface area contributed by atoms with Crippen molar-refractivity contribution in [2.24, 2.45) is 5.92 Å². The van der Waals surface area contributed by atoms with E-state index in [0.717, 1.165) is 36.2 Å². The van der Waals surface area contributed by atoms with Crippen LogP contribution in [0, 0.1) is 5.92 Å². The summed E-state index contributed by atoms with van der Waals surface area (Å²) in [7, 11) is 0. The lowest BCUT2D eigenvalue weighted by atomic mass is 9.98. The van der Waals surface area contributed by atoms with Gasteiger partial charge < -0.3 is 5.32 Å². The molecule has 2 fully saturated rings. The second-order valence-corrected chi connectivity index (χ2v) is 6.73. The summed E-state index contributed by atoms with van der Waals surface area (Å²) in [6.45, 7) is 5.68. The van der Waals surface area contributed by atoms with Crippen LogP contribution in [-0.2, 0) is 4.79 Å². The minimum Gasteiger partial charge on any atom is -0.353 e. The van der Waals surface area contributed by atoms with Crippen LogP contribution in [0.2, 0.25) is 0 Å². The minimum atomic E-state index is -0.191. The Hall–Kier alpha value is -0.950. The molecule has 0 aromatic heterocycles. The molecule has 3 rings (SSSR count). The number of halogens is 1. The van der Waals surface area contributed by atoms with Gasteiger partial charge in [0, 0.05) is 42.6 Å². The number of carbonyl (C=O) groups excluding carboxylic acids is 1. The third-order valence-electron chi connectivity index (χ3n) is 4.35. The fourth-order valence-electron chi connectivity index (χ4n) is 3.12. The van der Waals surface area contributed by atoms with E-state index in [2.05, 4.69) is 43.9 Å². The van der Waals surface area contributed by atoms with Crippen molar-refractivity contribution in [2.45, 2.75) is 19.0 Å². The van der Waals surface area contributed by atoms with Gasteiger partial charge in [-0.2, -0.15) is 0 Å². The number of amides is 1. The molecule has 0 saturated carbocycles. The largest absolute Gasteiger partial charge is 0.353 e. The van der Waals surface area contributed by atoms with Crippen molar-refractivity contribution in [1.82, 2.24) is 21.1 Å². The first-order chi connectivity index (χ1) is 10.1. The first-order valence-electron chi connectivity index (χ1n) is 7.41. The third kappa shape index (κ3) is 3.29. The first-order valence-corrected chi connectivity index (χ1v) is 8.20. The number of rotatable bonds is 3. The zero-order valence-corrected chi connectivity index (χ0v) is 13.7. The molecule has 21 heavy (non-hydrogen) atoms. The van der Waals surface area contributed by atoms with E-state index in [9.17, 15) is 4.79 Å². The summed E-state index contributed by atoms with van der Waals surface area (Å²) in [6.07, 6.45) is 0. The van der Waals surface area contributed by atoms with Gasteiger partial charge in [0.05, 0.1) is 0 Å². The van der Waals surface area contributed by atoms with Crippen LogP contribution in [0.4, 0.5) is 0 Å². The zero-order valence-electron chi connectivity index (χ0n) is 12.1. The molecule has 2 aliphatic rings. The van der Waals surface area contributed by atoms with E-state index in [1.807, 2.05) is 24.3 Å². The van der Waals surface area contributed by atoms with Crippen LogP contribution in [0.5, 0.6) is 0 Å². The van der Waals surface area contributed by atoms with Gasteiger partial charge in [-0.1, -0.05) is 28.1 Å². The molecule has 2 heterocycles. The maximum absolute atomic E-state index is 12.4. The monoisotopic (exact) mass is 352 g/mol. The fourth-order valence-corrected chi connectivity index (χ4v) is 3.54. The highest BCUT2D eigenvalue weighted by Gasteiger charge is 2.34. The van der Waals surface area contributed by atoms with Crippen molar-refractivity contribution in [3.63, 3.8) is 0 Å². The summed E-state index contributed by atoms with van der Waals surface area (Å²) in [5, 5.41) is 2.99. The Kier molecular flexibility index (Phi) is 4.59. The van der Waals surface area contributed by atoms with E-state index in [4.69, 9.17) is 0 Å². The second kappa shape index (κ2) is 6.44. The van der Waals surface area contributed by atoms with Crippen LogP contribution >= 0.6 is 15.9 Å². The Balaban J connectivity index is 1.81. The van der Waals surface area contributed by atoms with Crippen LogP contribution in [0.15, 0.2) is 28.7 Å². The molecule has 0 radical (unpaired) electrons. The van der Waals surface area contributed by atoms with Crippen LogP contribution in [0.3, 0.4) is 0 Å². The number of hydrogen-bond acceptors (Lipinski definition) is 4. The molecule has 2 aliphatic heterocycles. The van der Waals surface area contributed by atoms with Crippen molar-refractivity contribution in [1.29, 1.82) is 0 Å². The molecule has 0 bridgehead atoms. The van der Waals surface area contributed by atoms with Gasteiger partial charge in [-0.25, -0.2) is 0 Å². The van der Waals surface area contributed by atoms with E-state index < -0.39 is 0 Å². The molecule has 0 spiro atoms. The molecule has 5 nitrogen and oxygen atoms in total. The van der Waals surface area contributed by atoms with Gasteiger partial charge in [0.2, 0.25) is 5.91 Å². The smallest absolute Gasteiger partial charge is 0.242 e. The molecule has 3 atom stereocenters. The molecule has 6 heteroatoms. The Morgan fingerprint density at radius 2 is 2.29 bits per heavy atom. The van der Waals surface area contributed by atoms with Crippen molar-refractivity contribution >= 4 is 21.8 Å². The summed E-state index contributed by atoms with van der Waals surface area (Å²) < 4.78 is 1.01. The van der Waals surface area contributed by atoms with Crippen LogP contribution in [0.25, 0.3) is 0 Å².